The first-order chi connectivity index (χ1) is 7.79. The van der Waals surface area contributed by atoms with Gasteiger partial charge < -0.3 is 9.84 Å². The first-order valence-corrected chi connectivity index (χ1v) is 5.33. The van der Waals surface area contributed by atoms with Gasteiger partial charge in [0.1, 0.15) is 6.10 Å². The summed E-state index contributed by atoms with van der Waals surface area (Å²) in [5, 5.41) is 10.1. The highest BCUT2D eigenvalue weighted by Gasteiger charge is 2.45. The van der Waals surface area contributed by atoms with Crippen LogP contribution in [0.25, 0.3) is 0 Å². The molecular formula is C12H16O4. The lowest BCUT2D eigenvalue weighted by atomic mass is 9.86. The quantitative estimate of drug-likeness (QED) is 0.782. The third-order valence-electron chi connectivity index (χ3n) is 2.89. The molecule has 1 aromatic carbocycles. The standard InChI is InChI=1S/C12H16O4/c1-14-9-11(13)12(7-8-15-16-12)10-5-3-2-4-6-10/h2-6,11,13H,7-9H2,1H3. The maximum absolute atomic E-state index is 10.1. The van der Waals surface area contributed by atoms with Crippen LogP contribution in [0.4, 0.5) is 0 Å². The molecule has 88 valence electrons. The maximum atomic E-state index is 10.1. The molecule has 0 spiro atoms. The van der Waals surface area contributed by atoms with E-state index >= 15 is 0 Å². The molecular weight excluding hydrogens is 208 g/mol. The molecule has 0 aliphatic carbocycles. The zero-order valence-electron chi connectivity index (χ0n) is 9.26. The Balaban J connectivity index is 2.28. The second-order valence-electron chi connectivity index (χ2n) is 3.88. The van der Waals surface area contributed by atoms with Crippen molar-refractivity contribution in [3.63, 3.8) is 0 Å². The fraction of sp³-hybridized carbons (Fsp3) is 0.500. The molecule has 1 aliphatic rings. The number of methoxy groups -OCH3 is 1. The fourth-order valence-electron chi connectivity index (χ4n) is 2.00. The van der Waals surface area contributed by atoms with Gasteiger partial charge in [-0.05, 0) is 5.56 Å². The van der Waals surface area contributed by atoms with Crippen molar-refractivity contribution in [2.75, 3.05) is 20.3 Å². The number of ether oxygens (including phenoxy) is 1. The van der Waals surface area contributed by atoms with Gasteiger partial charge in [0.2, 0.25) is 0 Å². The van der Waals surface area contributed by atoms with Gasteiger partial charge in [0, 0.05) is 13.5 Å². The lowest BCUT2D eigenvalue weighted by Crippen LogP contribution is -2.41. The summed E-state index contributed by atoms with van der Waals surface area (Å²) in [6, 6.07) is 9.60. The summed E-state index contributed by atoms with van der Waals surface area (Å²) in [5.41, 5.74) is 0.120. The fourth-order valence-corrected chi connectivity index (χ4v) is 2.00. The molecule has 4 nitrogen and oxygen atoms in total. The van der Waals surface area contributed by atoms with Gasteiger partial charge in [-0.3, -0.25) is 0 Å². The van der Waals surface area contributed by atoms with Gasteiger partial charge in [0.05, 0.1) is 13.2 Å². The van der Waals surface area contributed by atoms with Crippen molar-refractivity contribution >= 4 is 0 Å². The average molecular weight is 224 g/mol. The van der Waals surface area contributed by atoms with E-state index in [4.69, 9.17) is 14.5 Å². The molecule has 0 aromatic heterocycles. The van der Waals surface area contributed by atoms with Gasteiger partial charge >= 0.3 is 0 Å². The number of aliphatic hydroxyl groups excluding tert-OH is 1. The molecule has 4 heteroatoms. The predicted molar refractivity (Wildman–Crippen MR) is 57.7 cm³/mol. The molecule has 1 heterocycles. The van der Waals surface area contributed by atoms with Gasteiger partial charge in [0.15, 0.2) is 5.60 Å². The molecule has 16 heavy (non-hydrogen) atoms. The summed E-state index contributed by atoms with van der Waals surface area (Å²) < 4.78 is 4.98. The molecule has 1 aromatic rings. The van der Waals surface area contributed by atoms with Crippen molar-refractivity contribution in [3.05, 3.63) is 35.9 Å². The van der Waals surface area contributed by atoms with E-state index in [1.54, 1.807) is 7.11 Å². The van der Waals surface area contributed by atoms with E-state index in [9.17, 15) is 5.11 Å². The van der Waals surface area contributed by atoms with Gasteiger partial charge in [-0.15, -0.1) is 0 Å². The zero-order valence-corrected chi connectivity index (χ0v) is 9.26. The normalized spacial score (nSPS) is 26.9. The van der Waals surface area contributed by atoms with Crippen LogP contribution in [0, 0.1) is 0 Å². The molecule has 1 N–H and O–H groups in total. The van der Waals surface area contributed by atoms with Gasteiger partial charge in [0.25, 0.3) is 0 Å². The molecule has 0 amide bonds. The number of benzene rings is 1. The Kier molecular flexibility index (Phi) is 3.56. The highest BCUT2D eigenvalue weighted by Crippen LogP contribution is 2.37. The zero-order chi connectivity index (χ0) is 11.4. The van der Waals surface area contributed by atoms with Gasteiger partial charge in [-0.25, -0.2) is 9.78 Å². The smallest absolute Gasteiger partial charge is 0.159 e. The summed E-state index contributed by atoms with van der Waals surface area (Å²) in [6.45, 7) is 0.702. The summed E-state index contributed by atoms with van der Waals surface area (Å²) in [4.78, 5) is 10.3. The summed E-state index contributed by atoms with van der Waals surface area (Å²) in [7, 11) is 1.55. The Hall–Kier alpha value is -0.940. The molecule has 1 aliphatic heterocycles. The summed E-state index contributed by atoms with van der Waals surface area (Å²) in [5.74, 6) is 0. The molecule has 2 unspecified atom stereocenters. The van der Waals surface area contributed by atoms with Crippen LogP contribution in [-0.4, -0.2) is 31.5 Å². The Morgan fingerprint density at radius 2 is 2.19 bits per heavy atom. The Bertz CT molecular complexity index is 319. The van der Waals surface area contributed by atoms with Crippen LogP contribution < -0.4 is 0 Å². The number of hydrogen-bond donors (Lipinski definition) is 1. The van der Waals surface area contributed by atoms with Crippen molar-refractivity contribution in [3.8, 4) is 0 Å². The van der Waals surface area contributed by atoms with Gasteiger partial charge in [-0.1, -0.05) is 30.3 Å². The predicted octanol–water partition coefficient (Wildman–Crippen LogP) is 1.24. The minimum Gasteiger partial charge on any atom is -0.387 e. The van der Waals surface area contributed by atoms with Crippen molar-refractivity contribution in [2.24, 2.45) is 0 Å². The van der Waals surface area contributed by atoms with Crippen molar-refractivity contribution in [2.45, 2.75) is 18.1 Å². The van der Waals surface area contributed by atoms with E-state index in [1.807, 2.05) is 30.3 Å². The number of hydrogen-bond acceptors (Lipinski definition) is 4. The highest BCUT2D eigenvalue weighted by molar-refractivity contribution is 5.24. The number of rotatable bonds is 4. The van der Waals surface area contributed by atoms with Crippen LogP contribution in [0.5, 0.6) is 0 Å². The summed E-state index contributed by atoms with van der Waals surface area (Å²) in [6.07, 6.45) is -0.107. The second kappa shape index (κ2) is 4.93. The van der Waals surface area contributed by atoms with E-state index < -0.39 is 11.7 Å². The number of aliphatic hydroxyl groups is 1. The molecule has 0 radical (unpaired) electrons. The first-order valence-electron chi connectivity index (χ1n) is 5.33. The molecule has 0 saturated carbocycles. The Morgan fingerprint density at radius 1 is 1.44 bits per heavy atom. The Labute approximate surface area is 94.7 Å². The van der Waals surface area contributed by atoms with Crippen LogP contribution in [0.1, 0.15) is 12.0 Å². The largest absolute Gasteiger partial charge is 0.387 e. The van der Waals surface area contributed by atoms with E-state index in [2.05, 4.69) is 0 Å². The molecule has 1 fully saturated rings. The van der Waals surface area contributed by atoms with Crippen LogP contribution in [-0.2, 0) is 20.1 Å². The minimum absolute atomic E-state index is 0.220. The molecule has 1 saturated heterocycles. The third-order valence-corrected chi connectivity index (χ3v) is 2.89. The van der Waals surface area contributed by atoms with E-state index in [1.165, 1.54) is 0 Å². The van der Waals surface area contributed by atoms with Crippen molar-refractivity contribution < 1.29 is 19.6 Å². The van der Waals surface area contributed by atoms with Crippen LogP contribution in [0.15, 0.2) is 30.3 Å². The Morgan fingerprint density at radius 3 is 2.75 bits per heavy atom. The SMILES string of the molecule is COCC(O)C1(c2ccccc2)CCOO1. The van der Waals surface area contributed by atoms with Crippen molar-refractivity contribution in [1.29, 1.82) is 0 Å². The maximum Gasteiger partial charge on any atom is 0.159 e. The first kappa shape index (κ1) is 11.5. The van der Waals surface area contributed by atoms with Crippen LogP contribution >= 0.6 is 0 Å². The van der Waals surface area contributed by atoms with Gasteiger partial charge in [-0.2, -0.15) is 0 Å². The van der Waals surface area contributed by atoms with E-state index in [-0.39, 0.29) is 6.61 Å². The highest BCUT2D eigenvalue weighted by atomic mass is 17.2. The van der Waals surface area contributed by atoms with Crippen molar-refractivity contribution in [1.82, 2.24) is 0 Å². The minimum atomic E-state index is -0.794. The lowest BCUT2D eigenvalue weighted by Gasteiger charge is -2.30. The monoisotopic (exact) mass is 224 g/mol. The molecule has 0 bridgehead atoms. The summed E-state index contributed by atoms with van der Waals surface area (Å²) >= 11 is 0. The van der Waals surface area contributed by atoms with E-state index in [0.29, 0.717) is 13.0 Å². The third kappa shape index (κ3) is 1.97. The molecule has 2 atom stereocenters. The lowest BCUT2D eigenvalue weighted by molar-refractivity contribution is -0.334. The topological polar surface area (TPSA) is 47.9 Å². The van der Waals surface area contributed by atoms with Crippen LogP contribution in [0.2, 0.25) is 0 Å². The second-order valence-corrected chi connectivity index (χ2v) is 3.88. The van der Waals surface area contributed by atoms with Crippen LogP contribution in [0.3, 0.4) is 0 Å². The molecule has 2 rings (SSSR count). The average Bonchev–Trinajstić information content (AvgIpc) is 2.81. The van der Waals surface area contributed by atoms with E-state index in [0.717, 1.165) is 5.56 Å².